The molecule has 2 aromatic rings. The molecule has 1 nitrogen and oxygen atoms in total. The van der Waals surface area contributed by atoms with Crippen molar-refractivity contribution in [3.63, 3.8) is 0 Å². The molecule has 2 aromatic carbocycles. The Balaban J connectivity index is 2.13. The average molecular weight is 282 g/mol. The number of carbonyl (C=O) groups is 1. The molecule has 1 atom stereocenters. The SMILES string of the molecule is CCCC1(c2ccccc2)Sc2ccc(C)cc2C1=O. The normalized spacial score (nSPS) is 21.0. The first-order valence-corrected chi connectivity index (χ1v) is 7.89. The Hall–Kier alpha value is -1.54. The zero-order chi connectivity index (χ0) is 14.2. The van der Waals surface area contributed by atoms with Crippen LogP contribution in [0.3, 0.4) is 0 Å². The van der Waals surface area contributed by atoms with Crippen LogP contribution < -0.4 is 0 Å². The van der Waals surface area contributed by atoms with Crippen molar-refractivity contribution in [1.29, 1.82) is 0 Å². The number of fused-ring (bicyclic) bond motifs is 1. The topological polar surface area (TPSA) is 17.1 Å². The Morgan fingerprint density at radius 3 is 2.55 bits per heavy atom. The number of carbonyl (C=O) groups excluding carboxylic acids is 1. The van der Waals surface area contributed by atoms with Crippen LogP contribution >= 0.6 is 11.8 Å². The number of hydrogen-bond donors (Lipinski definition) is 0. The Kier molecular flexibility index (Phi) is 3.43. The standard InChI is InChI=1S/C18H18OS/c1-3-11-18(14-7-5-4-6-8-14)17(19)15-12-13(2)9-10-16(15)20-18/h4-10,12H,3,11H2,1-2H3. The van der Waals surface area contributed by atoms with Gasteiger partial charge in [0.25, 0.3) is 0 Å². The fourth-order valence-electron chi connectivity index (χ4n) is 2.92. The Morgan fingerprint density at radius 1 is 1.10 bits per heavy atom. The van der Waals surface area contributed by atoms with Crippen LogP contribution in [0, 0.1) is 6.92 Å². The van der Waals surface area contributed by atoms with Gasteiger partial charge < -0.3 is 0 Å². The van der Waals surface area contributed by atoms with Gasteiger partial charge in [-0.2, -0.15) is 0 Å². The van der Waals surface area contributed by atoms with Crippen molar-refractivity contribution < 1.29 is 4.79 Å². The third-order valence-corrected chi connectivity index (χ3v) is 5.42. The van der Waals surface area contributed by atoms with Gasteiger partial charge in [0.1, 0.15) is 4.75 Å². The molecular formula is C18H18OS. The minimum atomic E-state index is -0.424. The van der Waals surface area contributed by atoms with Crippen molar-refractivity contribution in [3.8, 4) is 0 Å². The highest BCUT2D eigenvalue weighted by molar-refractivity contribution is 8.01. The summed E-state index contributed by atoms with van der Waals surface area (Å²) in [5.41, 5.74) is 3.18. The lowest BCUT2D eigenvalue weighted by Gasteiger charge is -2.26. The van der Waals surface area contributed by atoms with E-state index in [1.54, 1.807) is 11.8 Å². The van der Waals surface area contributed by atoms with Crippen molar-refractivity contribution >= 4 is 17.5 Å². The maximum Gasteiger partial charge on any atom is 0.184 e. The summed E-state index contributed by atoms with van der Waals surface area (Å²) in [6.45, 7) is 4.19. The minimum Gasteiger partial charge on any atom is -0.292 e. The van der Waals surface area contributed by atoms with Crippen LogP contribution in [0.2, 0.25) is 0 Å². The van der Waals surface area contributed by atoms with E-state index in [1.807, 2.05) is 31.2 Å². The quantitative estimate of drug-likeness (QED) is 0.790. The maximum absolute atomic E-state index is 13.0. The molecule has 0 bridgehead atoms. The number of aryl methyl sites for hydroxylation is 1. The number of hydrogen-bond acceptors (Lipinski definition) is 2. The van der Waals surface area contributed by atoms with Gasteiger partial charge in [-0.25, -0.2) is 0 Å². The molecule has 0 radical (unpaired) electrons. The summed E-state index contributed by atoms with van der Waals surface area (Å²) in [6.07, 6.45) is 1.88. The van der Waals surface area contributed by atoms with Crippen LogP contribution in [0.15, 0.2) is 53.4 Å². The van der Waals surface area contributed by atoms with E-state index in [4.69, 9.17) is 0 Å². The van der Waals surface area contributed by atoms with Crippen LogP contribution in [0.1, 0.15) is 41.3 Å². The summed E-state index contributed by atoms with van der Waals surface area (Å²) >= 11 is 1.73. The van der Waals surface area contributed by atoms with Gasteiger partial charge >= 0.3 is 0 Å². The average Bonchev–Trinajstić information content (AvgIpc) is 2.75. The van der Waals surface area contributed by atoms with E-state index in [0.717, 1.165) is 34.4 Å². The van der Waals surface area contributed by atoms with Crippen molar-refractivity contribution in [3.05, 3.63) is 65.2 Å². The first-order valence-electron chi connectivity index (χ1n) is 7.07. The summed E-state index contributed by atoms with van der Waals surface area (Å²) in [4.78, 5) is 14.2. The number of Topliss-reactive ketones (excluding diaryl/α,β-unsaturated/α-hetero) is 1. The van der Waals surface area contributed by atoms with E-state index in [2.05, 4.69) is 31.2 Å². The minimum absolute atomic E-state index is 0.272. The molecular weight excluding hydrogens is 264 g/mol. The molecule has 0 spiro atoms. The molecule has 1 heterocycles. The van der Waals surface area contributed by atoms with E-state index >= 15 is 0 Å². The summed E-state index contributed by atoms with van der Waals surface area (Å²) in [6, 6.07) is 16.4. The smallest absolute Gasteiger partial charge is 0.184 e. The van der Waals surface area contributed by atoms with Crippen molar-refractivity contribution in [1.82, 2.24) is 0 Å². The molecule has 0 aliphatic carbocycles. The van der Waals surface area contributed by atoms with Gasteiger partial charge in [-0.3, -0.25) is 4.79 Å². The summed E-state index contributed by atoms with van der Waals surface area (Å²) in [7, 11) is 0. The highest BCUT2D eigenvalue weighted by Gasteiger charge is 2.46. The van der Waals surface area contributed by atoms with Gasteiger partial charge in [-0.15, -0.1) is 11.8 Å². The maximum atomic E-state index is 13.0. The lowest BCUT2D eigenvalue weighted by Crippen LogP contribution is -2.28. The van der Waals surface area contributed by atoms with Gasteiger partial charge in [0.2, 0.25) is 0 Å². The molecule has 3 rings (SSSR count). The van der Waals surface area contributed by atoms with E-state index < -0.39 is 4.75 Å². The lowest BCUT2D eigenvalue weighted by molar-refractivity contribution is 0.0940. The molecule has 2 heteroatoms. The number of rotatable bonds is 3. The van der Waals surface area contributed by atoms with Crippen molar-refractivity contribution in [2.45, 2.75) is 36.3 Å². The zero-order valence-corrected chi connectivity index (χ0v) is 12.7. The second kappa shape index (κ2) is 5.10. The largest absolute Gasteiger partial charge is 0.292 e. The number of thioether (sulfide) groups is 1. The summed E-state index contributed by atoms with van der Waals surface area (Å²) < 4.78 is -0.424. The first-order chi connectivity index (χ1) is 9.67. The van der Waals surface area contributed by atoms with E-state index in [1.165, 1.54) is 0 Å². The fraction of sp³-hybridized carbons (Fsp3) is 0.278. The van der Waals surface area contributed by atoms with Crippen LogP contribution in [-0.4, -0.2) is 5.78 Å². The molecule has 0 saturated carbocycles. The highest BCUT2D eigenvalue weighted by atomic mass is 32.2. The van der Waals surface area contributed by atoms with Gasteiger partial charge in [-0.1, -0.05) is 55.3 Å². The second-order valence-corrected chi connectivity index (χ2v) is 6.71. The van der Waals surface area contributed by atoms with Crippen LogP contribution in [0.25, 0.3) is 0 Å². The Labute approximate surface area is 124 Å². The summed E-state index contributed by atoms with van der Waals surface area (Å²) in [5, 5.41) is 0. The Morgan fingerprint density at radius 2 is 1.85 bits per heavy atom. The van der Waals surface area contributed by atoms with Crippen LogP contribution in [0.4, 0.5) is 0 Å². The molecule has 102 valence electrons. The molecule has 1 aliphatic heterocycles. The van der Waals surface area contributed by atoms with Gasteiger partial charge in [-0.05, 0) is 31.0 Å². The fourth-order valence-corrected chi connectivity index (χ4v) is 4.46. The predicted molar refractivity (Wildman–Crippen MR) is 84.4 cm³/mol. The highest BCUT2D eigenvalue weighted by Crippen LogP contribution is 2.54. The summed E-state index contributed by atoms with van der Waals surface area (Å²) in [5.74, 6) is 0.272. The third kappa shape index (κ3) is 1.99. The van der Waals surface area contributed by atoms with Crippen LogP contribution in [0.5, 0.6) is 0 Å². The third-order valence-electron chi connectivity index (χ3n) is 3.87. The lowest BCUT2D eigenvalue weighted by atomic mass is 9.86. The van der Waals surface area contributed by atoms with Crippen LogP contribution in [-0.2, 0) is 4.75 Å². The van der Waals surface area contributed by atoms with E-state index in [9.17, 15) is 4.79 Å². The molecule has 0 saturated heterocycles. The Bertz CT molecular complexity index is 648. The second-order valence-electron chi connectivity index (χ2n) is 5.37. The monoisotopic (exact) mass is 282 g/mol. The molecule has 1 aliphatic rings. The van der Waals surface area contributed by atoms with Gasteiger partial charge in [0.15, 0.2) is 5.78 Å². The van der Waals surface area contributed by atoms with Crippen molar-refractivity contribution in [2.24, 2.45) is 0 Å². The molecule has 0 fully saturated rings. The van der Waals surface area contributed by atoms with Gasteiger partial charge in [0.05, 0.1) is 0 Å². The van der Waals surface area contributed by atoms with Crippen molar-refractivity contribution in [2.75, 3.05) is 0 Å². The van der Waals surface area contributed by atoms with E-state index in [-0.39, 0.29) is 5.78 Å². The van der Waals surface area contributed by atoms with Gasteiger partial charge in [0, 0.05) is 10.5 Å². The molecule has 0 N–H and O–H groups in total. The molecule has 20 heavy (non-hydrogen) atoms. The number of ketones is 1. The molecule has 0 amide bonds. The van der Waals surface area contributed by atoms with E-state index in [0.29, 0.717) is 0 Å². The number of benzene rings is 2. The molecule has 1 unspecified atom stereocenters. The molecule has 0 aromatic heterocycles. The predicted octanol–water partition coefficient (Wildman–Crippen LogP) is 4.98. The zero-order valence-electron chi connectivity index (χ0n) is 11.8. The first kappa shape index (κ1) is 13.4.